The number of hydrogen-bond acceptors (Lipinski definition) is 1. The summed E-state index contributed by atoms with van der Waals surface area (Å²) in [4.78, 5) is 2.36. The molecule has 60 heavy (non-hydrogen) atoms. The van der Waals surface area contributed by atoms with E-state index in [1.54, 1.807) is 0 Å². The fraction of sp³-hybridized carbons (Fsp3) is 0. The molecule has 0 amide bonds. The Labute approximate surface area is 350 Å². The summed E-state index contributed by atoms with van der Waals surface area (Å²) >= 11 is 0. The van der Waals surface area contributed by atoms with Crippen molar-refractivity contribution < 1.29 is 0 Å². The lowest BCUT2D eigenvalue weighted by Crippen LogP contribution is -2.09. The molecule has 0 unspecified atom stereocenters. The van der Waals surface area contributed by atoms with Crippen LogP contribution in [0, 0.1) is 0 Å². The van der Waals surface area contributed by atoms with Crippen LogP contribution in [0.25, 0.3) is 82.8 Å². The zero-order valence-corrected chi connectivity index (χ0v) is 33.0. The van der Waals surface area contributed by atoms with Crippen molar-refractivity contribution in [2.45, 2.75) is 0 Å². The summed E-state index contributed by atoms with van der Waals surface area (Å²) in [5, 5.41) is 5.02. The molecular formula is C58H40N2. The topological polar surface area (TPSA) is 8.17 Å². The zero-order valence-electron chi connectivity index (χ0n) is 33.0. The Hall–Kier alpha value is -7.94. The van der Waals surface area contributed by atoms with Crippen LogP contribution in [-0.2, 0) is 0 Å². The Morgan fingerprint density at radius 2 is 0.650 bits per heavy atom. The van der Waals surface area contributed by atoms with Crippen LogP contribution in [0.15, 0.2) is 243 Å². The van der Waals surface area contributed by atoms with Crippen molar-refractivity contribution in [3.63, 3.8) is 0 Å². The van der Waals surface area contributed by atoms with Crippen molar-refractivity contribution >= 4 is 49.6 Å². The molecule has 282 valence electrons. The van der Waals surface area contributed by atoms with E-state index in [4.69, 9.17) is 0 Å². The quantitative estimate of drug-likeness (QED) is 0.150. The van der Waals surface area contributed by atoms with Crippen LogP contribution in [0.1, 0.15) is 0 Å². The molecule has 0 radical (unpaired) electrons. The number of fused-ring (bicyclic) bond motifs is 4. The molecule has 2 nitrogen and oxygen atoms in total. The van der Waals surface area contributed by atoms with Gasteiger partial charge in [0.15, 0.2) is 0 Å². The van der Waals surface area contributed by atoms with E-state index in [1.807, 2.05) is 0 Å². The second-order valence-corrected chi connectivity index (χ2v) is 15.3. The summed E-state index contributed by atoms with van der Waals surface area (Å²) in [5.74, 6) is 0. The number of benzene rings is 10. The molecule has 10 aromatic carbocycles. The largest absolute Gasteiger partial charge is 0.311 e. The first kappa shape index (κ1) is 35.2. The molecule has 0 N–H and O–H groups in total. The van der Waals surface area contributed by atoms with Gasteiger partial charge in [-0.15, -0.1) is 0 Å². The predicted octanol–water partition coefficient (Wildman–Crippen LogP) is 16.1. The Morgan fingerprint density at radius 3 is 1.20 bits per heavy atom. The van der Waals surface area contributed by atoms with Crippen LogP contribution < -0.4 is 4.90 Å². The van der Waals surface area contributed by atoms with Crippen molar-refractivity contribution in [2.75, 3.05) is 4.90 Å². The summed E-state index contributed by atoms with van der Waals surface area (Å²) in [7, 11) is 0. The molecule has 0 aliphatic heterocycles. The molecule has 0 bridgehead atoms. The van der Waals surface area contributed by atoms with Gasteiger partial charge in [-0.3, -0.25) is 0 Å². The molecular weight excluding hydrogens is 725 g/mol. The van der Waals surface area contributed by atoms with Gasteiger partial charge in [0.1, 0.15) is 0 Å². The van der Waals surface area contributed by atoms with E-state index in [1.165, 1.54) is 71.5 Å². The van der Waals surface area contributed by atoms with Crippen LogP contribution in [0.3, 0.4) is 0 Å². The molecule has 0 aliphatic carbocycles. The van der Waals surface area contributed by atoms with E-state index in [-0.39, 0.29) is 0 Å². The number of anilines is 3. The molecule has 2 heteroatoms. The summed E-state index contributed by atoms with van der Waals surface area (Å²) in [6.45, 7) is 0. The third-order valence-corrected chi connectivity index (χ3v) is 11.8. The van der Waals surface area contributed by atoms with Gasteiger partial charge in [-0.2, -0.15) is 0 Å². The molecule has 0 saturated heterocycles. The van der Waals surface area contributed by atoms with Gasteiger partial charge >= 0.3 is 0 Å². The summed E-state index contributed by atoms with van der Waals surface area (Å²) in [6, 6.07) is 87.7. The van der Waals surface area contributed by atoms with Gasteiger partial charge in [0.25, 0.3) is 0 Å². The van der Waals surface area contributed by atoms with Crippen LogP contribution >= 0.6 is 0 Å². The molecule has 11 rings (SSSR count). The molecule has 11 aromatic rings. The molecule has 1 heterocycles. The highest BCUT2D eigenvalue weighted by atomic mass is 15.1. The van der Waals surface area contributed by atoms with Crippen LogP contribution in [-0.4, -0.2) is 4.57 Å². The molecule has 0 atom stereocenters. The number of hydrogen-bond donors (Lipinski definition) is 0. The Bertz CT molecular complexity index is 3210. The van der Waals surface area contributed by atoms with E-state index < -0.39 is 0 Å². The lowest BCUT2D eigenvalue weighted by molar-refractivity contribution is 1.18. The number of para-hydroxylation sites is 3. The molecule has 0 aliphatic rings. The van der Waals surface area contributed by atoms with Gasteiger partial charge in [0.05, 0.1) is 16.7 Å². The second-order valence-electron chi connectivity index (χ2n) is 15.3. The normalized spacial score (nSPS) is 11.3. The van der Waals surface area contributed by atoms with Gasteiger partial charge in [0, 0.05) is 33.4 Å². The Balaban J connectivity index is 1.01. The molecule has 0 fully saturated rings. The fourth-order valence-electron chi connectivity index (χ4n) is 9.00. The Morgan fingerprint density at radius 1 is 0.267 bits per heavy atom. The van der Waals surface area contributed by atoms with E-state index in [0.717, 1.165) is 28.3 Å². The van der Waals surface area contributed by atoms with E-state index >= 15 is 0 Å². The Kier molecular flexibility index (Phi) is 8.87. The lowest BCUT2D eigenvalue weighted by Gasteiger charge is -2.26. The first-order chi connectivity index (χ1) is 29.8. The van der Waals surface area contributed by atoms with Crippen molar-refractivity contribution in [2.24, 2.45) is 0 Å². The highest BCUT2D eigenvalue weighted by Crippen LogP contribution is 2.42. The molecule has 1 aromatic heterocycles. The van der Waals surface area contributed by atoms with E-state index in [0.29, 0.717) is 0 Å². The van der Waals surface area contributed by atoms with Crippen LogP contribution in [0.2, 0.25) is 0 Å². The van der Waals surface area contributed by atoms with Gasteiger partial charge in [-0.1, -0.05) is 188 Å². The minimum absolute atomic E-state index is 1.09. The highest BCUT2D eigenvalue weighted by Gasteiger charge is 2.18. The fourth-order valence-corrected chi connectivity index (χ4v) is 9.00. The number of aromatic nitrogens is 1. The number of nitrogens with zero attached hydrogens (tertiary/aromatic N) is 2. The molecule has 0 saturated carbocycles. The van der Waals surface area contributed by atoms with Crippen molar-refractivity contribution in [3.8, 4) is 50.2 Å². The maximum atomic E-state index is 2.41. The van der Waals surface area contributed by atoms with Gasteiger partial charge in [-0.25, -0.2) is 0 Å². The summed E-state index contributed by atoms with van der Waals surface area (Å²) < 4.78 is 2.41. The third kappa shape index (κ3) is 6.23. The average Bonchev–Trinajstić information content (AvgIpc) is 3.67. The van der Waals surface area contributed by atoms with Gasteiger partial charge < -0.3 is 9.47 Å². The predicted molar refractivity (Wildman–Crippen MR) is 255 cm³/mol. The summed E-state index contributed by atoms with van der Waals surface area (Å²) in [6.07, 6.45) is 0. The van der Waals surface area contributed by atoms with Crippen molar-refractivity contribution in [3.05, 3.63) is 243 Å². The first-order valence-corrected chi connectivity index (χ1v) is 20.6. The second kappa shape index (κ2) is 15.1. The SMILES string of the molecule is c1ccc(-c2ccc(N(c3ccc(-c4ccccc4-n4c5ccccc5c5ccccc54)cc3)c3ccc(-c4cccc5cccc(-c6ccccc6)c45)cc3)cc2)cc1. The monoisotopic (exact) mass is 764 g/mol. The van der Waals surface area contributed by atoms with E-state index in [9.17, 15) is 0 Å². The molecule has 0 spiro atoms. The van der Waals surface area contributed by atoms with Gasteiger partial charge in [-0.05, 0) is 104 Å². The minimum atomic E-state index is 1.09. The minimum Gasteiger partial charge on any atom is -0.311 e. The van der Waals surface area contributed by atoms with Crippen molar-refractivity contribution in [1.82, 2.24) is 4.57 Å². The van der Waals surface area contributed by atoms with E-state index in [2.05, 4.69) is 252 Å². The van der Waals surface area contributed by atoms with Crippen molar-refractivity contribution in [1.29, 1.82) is 0 Å². The zero-order chi connectivity index (χ0) is 39.8. The maximum absolute atomic E-state index is 2.41. The van der Waals surface area contributed by atoms with Crippen LogP contribution in [0.5, 0.6) is 0 Å². The number of rotatable bonds is 8. The summed E-state index contributed by atoms with van der Waals surface area (Å²) in [5.41, 5.74) is 16.5. The first-order valence-electron chi connectivity index (χ1n) is 20.6. The highest BCUT2D eigenvalue weighted by molar-refractivity contribution is 6.10. The van der Waals surface area contributed by atoms with Crippen LogP contribution in [0.4, 0.5) is 17.1 Å². The standard InChI is InChI=1S/C58H40N2/c1-3-15-41(16-4-1)42-29-35-47(36-30-42)59(49-39-33-45(34-40-49)52-25-14-20-46-19-13-24-51(58(46)52)43-17-5-2-6-18-43)48-37-31-44(32-38-48)50-21-7-10-26-55(50)60-56-27-11-8-22-53(56)54-23-9-12-28-57(54)60/h1-40H. The van der Waals surface area contributed by atoms with Gasteiger partial charge in [0.2, 0.25) is 0 Å². The third-order valence-electron chi connectivity index (χ3n) is 11.8. The lowest BCUT2D eigenvalue weighted by atomic mass is 9.91. The smallest absolute Gasteiger partial charge is 0.0541 e. The average molecular weight is 765 g/mol. The maximum Gasteiger partial charge on any atom is 0.0541 e.